The molecule has 0 unspecified atom stereocenters. The normalized spacial score (nSPS) is 16.6. The maximum atomic E-state index is 12.0. The molecule has 6 heteroatoms. The third kappa shape index (κ3) is 3.43. The van der Waals surface area contributed by atoms with Gasteiger partial charge < -0.3 is 4.74 Å². The van der Waals surface area contributed by atoms with Gasteiger partial charge in [-0.3, -0.25) is 4.90 Å². The lowest BCUT2D eigenvalue weighted by Crippen LogP contribution is -2.40. The Kier molecular flexibility index (Phi) is 3.23. The molecule has 14 heavy (non-hydrogen) atoms. The van der Waals surface area contributed by atoms with Crippen LogP contribution in [0.5, 0.6) is 0 Å². The van der Waals surface area contributed by atoms with Gasteiger partial charge in [-0.2, -0.15) is 13.2 Å². The molecule has 0 radical (unpaired) electrons. The maximum absolute atomic E-state index is 12.0. The van der Waals surface area contributed by atoms with E-state index in [0.717, 1.165) is 4.90 Å². The van der Waals surface area contributed by atoms with Crippen molar-refractivity contribution in [2.75, 3.05) is 13.2 Å². The molecule has 0 bridgehead atoms. The molecule has 0 N–H and O–H groups in total. The first-order valence-corrected chi connectivity index (χ1v) is 4.44. The van der Waals surface area contributed by atoms with Crippen LogP contribution >= 0.6 is 0 Å². The van der Waals surface area contributed by atoms with Crippen LogP contribution < -0.4 is 0 Å². The molecule has 1 saturated carbocycles. The highest BCUT2D eigenvalue weighted by molar-refractivity contribution is 5.68. The quantitative estimate of drug-likeness (QED) is 0.716. The van der Waals surface area contributed by atoms with E-state index in [1.54, 1.807) is 6.92 Å². The molecule has 3 nitrogen and oxygen atoms in total. The number of ether oxygens (including phenoxy) is 1. The number of nitrogens with zero attached hydrogens (tertiary/aromatic N) is 1. The summed E-state index contributed by atoms with van der Waals surface area (Å²) in [5.41, 5.74) is 0. The van der Waals surface area contributed by atoms with Crippen molar-refractivity contribution in [3.63, 3.8) is 0 Å². The lowest BCUT2D eigenvalue weighted by molar-refractivity contribution is -0.143. The van der Waals surface area contributed by atoms with Gasteiger partial charge in [0, 0.05) is 6.04 Å². The van der Waals surface area contributed by atoms with E-state index < -0.39 is 18.8 Å². The second-order valence-electron chi connectivity index (χ2n) is 3.17. The summed E-state index contributed by atoms with van der Waals surface area (Å²) in [5, 5.41) is 0. The summed E-state index contributed by atoms with van der Waals surface area (Å²) in [4.78, 5) is 11.9. The zero-order valence-electron chi connectivity index (χ0n) is 7.80. The molecule has 0 saturated heterocycles. The number of rotatable bonds is 3. The van der Waals surface area contributed by atoms with Gasteiger partial charge in [-0.25, -0.2) is 4.79 Å². The minimum atomic E-state index is -4.35. The summed E-state index contributed by atoms with van der Waals surface area (Å²) < 4.78 is 40.7. The number of hydrogen-bond acceptors (Lipinski definition) is 2. The standard InChI is InChI=1S/C8H12F3NO2/c1-2-14-7(13)12(6-3-4-6)5-8(9,10)11/h6H,2-5H2,1H3. The van der Waals surface area contributed by atoms with E-state index in [4.69, 9.17) is 0 Å². The molecule has 0 spiro atoms. The van der Waals surface area contributed by atoms with Crippen molar-refractivity contribution in [2.24, 2.45) is 0 Å². The SMILES string of the molecule is CCOC(=O)N(CC(F)(F)F)C1CC1. The number of alkyl halides is 3. The average Bonchev–Trinajstić information content (AvgIpc) is 2.81. The van der Waals surface area contributed by atoms with Crippen molar-refractivity contribution in [3.05, 3.63) is 0 Å². The molecule has 0 aromatic carbocycles. The molecule has 1 amide bonds. The zero-order chi connectivity index (χ0) is 10.8. The second kappa shape index (κ2) is 4.06. The Labute approximate surface area is 79.8 Å². The van der Waals surface area contributed by atoms with Crippen LogP contribution in [-0.2, 0) is 4.74 Å². The van der Waals surface area contributed by atoms with Crippen LogP contribution in [0.2, 0.25) is 0 Å². The molecule has 0 atom stereocenters. The molecule has 1 fully saturated rings. The van der Waals surface area contributed by atoms with E-state index in [0.29, 0.717) is 12.8 Å². The predicted molar refractivity (Wildman–Crippen MR) is 42.8 cm³/mol. The van der Waals surface area contributed by atoms with Crippen molar-refractivity contribution >= 4 is 6.09 Å². The van der Waals surface area contributed by atoms with Crippen LogP contribution in [0, 0.1) is 0 Å². The molecule has 0 aromatic heterocycles. The maximum Gasteiger partial charge on any atom is 0.410 e. The first-order valence-electron chi connectivity index (χ1n) is 4.44. The van der Waals surface area contributed by atoms with Crippen molar-refractivity contribution in [2.45, 2.75) is 32.0 Å². The zero-order valence-corrected chi connectivity index (χ0v) is 7.80. The fourth-order valence-corrected chi connectivity index (χ4v) is 1.13. The summed E-state index contributed by atoms with van der Waals surface area (Å²) in [5.74, 6) is 0. The monoisotopic (exact) mass is 211 g/mol. The molecule has 82 valence electrons. The smallest absolute Gasteiger partial charge is 0.410 e. The Morgan fingerprint density at radius 2 is 2.07 bits per heavy atom. The fourth-order valence-electron chi connectivity index (χ4n) is 1.13. The largest absolute Gasteiger partial charge is 0.450 e. The van der Waals surface area contributed by atoms with Crippen molar-refractivity contribution in [1.29, 1.82) is 0 Å². The van der Waals surface area contributed by atoms with E-state index >= 15 is 0 Å². The van der Waals surface area contributed by atoms with E-state index in [1.165, 1.54) is 0 Å². The van der Waals surface area contributed by atoms with Gasteiger partial charge >= 0.3 is 12.3 Å². The van der Waals surface area contributed by atoms with Crippen LogP contribution in [0.25, 0.3) is 0 Å². The summed E-state index contributed by atoms with van der Waals surface area (Å²) >= 11 is 0. The third-order valence-electron chi connectivity index (χ3n) is 1.84. The third-order valence-corrected chi connectivity index (χ3v) is 1.84. The highest BCUT2D eigenvalue weighted by Gasteiger charge is 2.41. The van der Waals surface area contributed by atoms with Gasteiger partial charge in [0.25, 0.3) is 0 Å². The van der Waals surface area contributed by atoms with E-state index in [1.807, 2.05) is 0 Å². The first kappa shape index (κ1) is 11.1. The number of carbonyl (C=O) groups excluding carboxylic acids is 1. The predicted octanol–water partition coefficient (Wildman–Crippen LogP) is 2.17. The molecular weight excluding hydrogens is 199 g/mol. The van der Waals surface area contributed by atoms with Gasteiger partial charge in [-0.05, 0) is 19.8 Å². The van der Waals surface area contributed by atoms with Gasteiger partial charge in [-0.1, -0.05) is 0 Å². The Morgan fingerprint density at radius 3 is 2.43 bits per heavy atom. The van der Waals surface area contributed by atoms with Gasteiger partial charge in [0.2, 0.25) is 0 Å². The second-order valence-corrected chi connectivity index (χ2v) is 3.17. The molecule has 0 aromatic rings. The number of carbonyl (C=O) groups is 1. The summed E-state index contributed by atoms with van der Waals surface area (Å²) in [6.45, 7) is 0.451. The van der Waals surface area contributed by atoms with Gasteiger partial charge in [0.15, 0.2) is 0 Å². The molecule has 1 aliphatic rings. The molecule has 1 aliphatic carbocycles. The van der Waals surface area contributed by atoms with Gasteiger partial charge in [0.05, 0.1) is 6.61 Å². The lowest BCUT2D eigenvalue weighted by atomic mass is 10.5. The number of amides is 1. The number of hydrogen-bond donors (Lipinski definition) is 0. The Hall–Kier alpha value is -0.940. The van der Waals surface area contributed by atoms with Crippen LogP contribution in [-0.4, -0.2) is 36.4 Å². The Bertz CT molecular complexity index is 213. The van der Waals surface area contributed by atoms with Gasteiger partial charge in [-0.15, -0.1) is 0 Å². The van der Waals surface area contributed by atoms with Gasteiger partial charge in [0.1, 0.15) is 6.54 Å². The van der Waals surface area contributed by atoms with Crippen molar-refractivity contribution in [3.8, 4) is 0 Å². The fraction of sp³-hybridized carbons (Fsp3) is 0.875. The van der Waals surface area contributed by atoms with Crippen molar-refractivity contribution < 1.29 is 22.7 Å². The number of halogens is 3. The van der Waals surface area contributed by atoms with Crippen LogP contribution in [0.3, 0.4) is 0 Å². The van der Waals surface area contributed by atoms with Crippen LogP contribution in [0.4, 0.5) is 18.0 Å². The minimum absolute atomic E-state index is 0.0971. The van der Waals surface area contributed by atoms with E-state index in [9.17, 15) is 18.0 Å². The van der Waals surface area contributed by atoms with Crippen LogP contribution in [0.1, 0.15) is 19.8 Å². The molecule has 0 heterocycles. The van der Waals surface area contributed by atoms with Crippen molar-refractivity contribution in [1.82, 2.24) is 4.90 Å². The topological polar surface area (TPSA) is 29.5 Å². The summed E-state index contributed by atoms with van der Waals surface area (Å²) in [6.07, 6.45) is -3.95. The Balaban J connectivity index is 2.51. The highest BCUT2D eigenvalue weighted by atomic mass is 19.4. The van der Waals surface area contributed by atoms with E-state index in [-0.39, 0.29) is 12.6 Å². The minimum Gasteiger partial charge on any atom is -0.450 e. The summed E-state index contributed by atoms with van der Waals surface area (Å²) in [7, 11) is 0. The lowest BCUT2D eigenvalue weighted by Gasteiger charge is -2.22. The molecular formula is C8H12F3NO2. The summed E-state index contributed by atoms with van der Waals surface area (Å²) in [6, 6.07) is -0.282. The molecule has 0 aliphatic heterocycles. The van der Waals surface area contributed by atoms with Crippen LogP contribution in [0.15, 0.2) is 0 Å². The average molecular weight is 211 g/mol. The van der Waals surface area contributed by atoms with E-state index in [2.05, 4.69) is 4.74 Å². The first-order chi connectivity index (χ1) is 6.44. The molecule has 1 rings (SSSR count). The highest BCUT2D eigenvalue weighted by Crippen LogP contribution is 2.30. The Morgan fingerprint density at radius 1 is 1.50 bits per heavy atom.